The SMILES string of the molecule is c1ccc(-c2cc(-c3ccccc3)nc(N3c4ccc(-c5ccc6c(c5)c5cc(-c7ccc8c(c7)C7Sc9ccccc9C7N8c7ccccc7)ccc5n6-c5ccccc5)cc4C4Sc5ccccc5C43)n2)cc1. The Kier molecular flexibility index (Phi) is 9.69. The van der Waals surface area contributed by atoms with Crippen LogP contribution in [-0.2, 0) is 0 Å². The van der Waals surface area contributed by atoms with Crippen molar-refractivity contribution in [2.75, 3.05) is 9.80 Å². The van der Waals surface area contributed by atoms with Crippen molar-refractivity contribution in [3.05, 3.63) is 271 Å². The molecule has 0 saturated carbocycles. The minimum Gasteiger partial charge on any atom is -0.332 e. The number of para-hydroxylation sites is 2. The second-order valence-corrected chi connectivity index (χ2v) is 22.3. The number of nitrogens with zero attached hydrogens (tertiary/aromatic N) is 5. The van der Waals surface area contributed by atoms with Crippen molar-refractivity contribution in [2.24, 2.45) is 0 Å². The van der Waals surface area contributed by atoms with E-state index in [0.717, 1.165) is 33.9 Å². The molecule has 0 spiro atoms. The molecule has 4 aliphatic heterocycles. The number of anilines is 4. The Morgan fingerprint density at radius 3 is 1.25 bits per heavy atom. The van der Waals surface area contributed by atoms with Crippen molar-refractivity contribution < 1.29 is 0 Å². The molecule has 10 aromatic carbocycles. The molecule has 4 atom stereocenters. The molecule has 4 unspecified atom stereocenters. The zero-order valence-corrected chi connectivity index (χ0v) is 42.2. The van der Waals surface area contributed by atoms with Crippen LogP contribution in [0.25, 0.3) is 72.3 Å². The molecular weight excluding hydrogens is 951 g/mol. The summed E-state index contributed by atoms with van der Waals surface area (Å²) in [6.07, 6.45) is 0. The Morgan fingerprint density at radius 1 is 0.320 bits per heavy atom. The highest BCUT2D eigenvalue weighted by molar-refractivity contribution is 8.00. The molecule has 0 bridgehead atoms. The lowest BCUT2D eigenvalue weighted by Crippen LogP contribution is -2.22. The predicted octanol–water partition coefficient (Wildman–Crippen LogP) is 18.3. The Morgan fingerprint density at radius 2 is 0.733 bits per heavy atom. The van der Waals surface area contributed by atoms with Gasteiger partial charge in [0.05, 0.1) is 45.0 Å². The molecule has 16 rings (SSSR count). The summed E-state index contributed by atoms with van der Waals surface area (Å²) >= 11 is 3.97. The smallest absolute Gasteiger partial charge is 0.231 e. The van der Waals surface area contributed by atoms with E-state index in [1.807, 2.05) is 23.5 Å². The Labute approximate surface area is 443 Å². The van der Waals surface area contributed by atoms with E-state index < -0.39 is 0 Å². The minimum atomic E-state index is 0.0324. The first-order valence-corrected chi connectivity index (χ1v) is 27.5. The van der Waals surface area contributed by atoms with Gasteiger partial charge in [0, 0.05) is 54.4 Å². The van der Waals surface area contributed by atoms with E-state index in [0.29, 0.717) is 11.2 Å². The highest BCUT2D eigenvalue weighted by Gasteiger charge is 2.48. The lowest BCUT2D eigenvalue weighted by molar-refractivity contribution is 0.720. The molecule has 0 fully saturated rings. The minimum absolute atomic E-state index is 0.0324. The normalized spacial score (nSPS) is 17.7. The quantitative estimate of drug-likeness (QED) is 0.158. The van der Waals surface area contributed by atoms with Gasteiger partial charge in [0.2, 0.25) is 5.95 Å². The largest absolute Gasteiger partial charge is 0.332 e. The van der Waals surface area contributed by atoms with E-state index in [9.17, 15) is 0 Å². The van der Waals surface area contributed by atoms with Crippen LogP contribution in [0.3, 0.4) is 0 Å². The van der Waals surface area contributed by atoms with Crippen LogP contribution in [-0.4, -0.2) is 14.5 Å². The van der Waals surface area contributed by atoms with E-state index in [1.165, 1.54) is 87.5 Å². The summed E-state index contributed by atoms with van der Waals surface area (Å²) in [5.41, 5.74) is 21.4. The number of rotatable bonds is 7. The summed E-state index contributed by atoms with van der Waals surface area (Å²) in [7, 11) is 0. The van der Waals surface area contributed by atoms with Crippen molar-refractivity contribution in [1.29, 1.82) is 0 Å². The molecular formula is C68H45N5S2. The molecule has 0 aliphatic carbocycles. The topological polar surface area (TPSA) is 37.2 Å². The number of hydrogen-bond donors (Lipinski definition) is 0. The molecule has 6 heterocycles. The molecule has 0 radical (unpaired) electrons. The van der Waals surface area contributed by atoms with E-state index >= 15 is 0 Å². The fourth-order valence-corrected chi connectivity index (χ4v) is 15.4. The number of aromatic nitrogens is 3. The van der Waals surface area contributed by atoms with Gasteiger partial charge in [0.25, 0.3) is 0 Å². The van der Waals surface area contributed by atoms with Crippen LogP contribution < -0.4 is 9.80 Å². The summed E-state index contributed by atoms with van der Waals surface area (Å²) in [5, 5.41) is 2.92. The van der Waals surface area contributed by atoms with Crippen LogP contribution in [0.2, 0.25) is 0 Å². The highest BCUT2D eigenvalue weighted by Crippen LogP contribution is 2.66. The zero-order valence-electron chi connectivity index (χ0n) is 40.5. The predicted molar refractivity (Wildman–Crippen MR) is 311 cm³/mol. The molecule has 4 aliphatic rings. The lowest BCUT2D eigenvalue weighted by atomic mass is 9.96. The summed E-state index contributed by atoms with van der Waals surface area (Å²) in [4.78, 5) is 18.5. The maximum absolute atomic E-state index is 5.40. The second kappa shape index (κ2) is 17.0. The molecule has 5 nitrogen and oxygen atoms in total. The molecule has 0 amide bonds. The maximum Gasteiger partial charge on any atom is 0.231 e. The van der Waals surface area contributed by atoms with Gasteiger partial charge < -0.3 is 14.4 Å². The van der Waals surface area contributed by atoms with Crippen LogP contribution in [0, 0.1) is 0 Å². The molecule has 7 heteroatoms. The number of hydrogen-bond acceptors (Lipinski definition) is 6. The zero-order chi connectivity index (χ0) is 49.1. The molecule has 12 aromatic rings. The number of benzene rings is 10. The van der Waals surface area contributed by atoms with Gasteiger partial charge in [-0.15, -0.1) is 23.5 Å². The third-order valence-electron chi connectivity index (χ3n) is 15.8. The van der Waals surface area contributed by atoms with Gasteiger partial charge in [-0.3, -0.25) is 0 Å². The highest BCUT2D eigenvalue weighted by atomic mass is 32.2. The van der Waals surface area contributed by atoms with E-state index in [1.54, 1.807) is 0 Å². The lowest BCUT2D eigenvalue weighted by Gasteiger charge is -2.27. The van der Waals surface area contributed by atoms with E-state index in [-0.39, 0.29) is 17.3 Å². The number of fused-ring (bicyclic) bond motifs is 13. The van der Waals surface area contributed by atoms with Crippen LogP contribution in [0.1, 0.15) is 44.8 Å². The van der Waals surface area contributed by atoms with Crippen LogP contribution in [0.15, 0.2) is 259 Å². The first kappa shape index (κ1) is 42.8. The van der Waals surface area contributed by atoms with E-state index in [4.69, 9.17) is 9.97 Å². The third-order valence-corrected chi connectivity index (χ3v) is 18.6. The maximum atomic E-state index is 5.40. The molecule has 75 heavy (non-hydrogen) atoms. The van der Waals surface area contributed by atoms with Gasteiger partial charge in [-0.05, 0) is 136 Å². The molecule has 2 aromatic heterocycles. The summed E-state index contributed by atoms with van der Waals surface area (Å²) in [6.45, 7) is 0. The van der Waals surface area contributed by atoms with Crippen LogP contribution >= 0.6 is 23.5 Å². The van der Waals surface area contributed by atoms with Crippen molar-refractivity contribution >= 4 is 68.3 Å². The van der Waals surface area contributed by atoms with Crippen LogP contribution in [0.5, 0.6) is 0 Å². The van der Waals surface area contributed by atoms with Gasteiger partial charge in [-0.25, -0.2) is 9.97 Å². The van der Waals surface area contributed by atoms with Gasteiger partial charge in [0.1, 0.15) is 0 Å². The van der Waals surface area contributed by atoms with Gasteiger partial charge in [0.15, 0.2) is 0 Å². The first-order chi connectivity index (χ1) is 37.2. The average molecular weight is 996 g/mol. The fraction of sp³-hybridized carbons (Fsp3) is 0.0588. The first-order valence-electron chi connectivity index (χ1n) is 25.8. The Balaban J connectivity index is 0.830. The average Bonchev–Trinajstić information content (AvgIpc) is 4.29. The Hall–Kier alpha value is -8.62. The van der Waals surface area contributed by atoms with Crippen molar-refractivity contribution in [1.82, 2.24) is 14.5 Å². The monoisotopic (exact) mass is 995 g/mol. The van der Waals surface area contributed by atoms with Crippen LogP contribution in [0.4, 0.5) is 23.0 Å². The van der Waals surface area contributed by atoms with Gasteiger partial charge >= 0.3 is 0 Å². The summed E-state index contributed by atoms with van der Waals surface area (Å²) < 4.78 is 2.43. The molecule has 0 saturated heterocycles. The Bertz CT molecular complexity index is 4180. The van der Waals surface area contributed by atoms with Crippen molar-refractivity contribution in [2.45, 2.75) is 32.4 Å². The summed E-state index contributed by atoms with van der Waals surface area (Å²) in [5.74, 6) is 0.712. The van der Waals surface area contributed by atoms with Crippen molar-refractivity contribution in [3.63, 3.8) is 0 Å². The third kappa shape index (κ3) is 6.74. The summed E-state index contributed by atoms with van der Waals surface area (Å²) in [6, 6.07) is 91.4. The fourth-order valence-electron chi connectivity index (χ4n) is 12.5. The number of thioether (sulfide) groups is 2. The standard InChI is InChI=1S/C68H45N5S2/c1-5-17-42(18-6-1)56-41-57(43-19-7-2-8-20-43)70-68(69-56)73-61-36-32-47(40-55(61)67-65(73)51-26-14-16-28-63(51)75-67)45-30-34-59-53(38-45)52-37-44(29-33-58(52)71(59)48-21-9-3-10-22-48)46-31-35-60-54(39-46)66-64(50-25-13-15-27-62(50)74-66)72(60)49-23-11-4-12-24-49/h1-41,64-67H. The van der Waals surface area contributed by atoms with Crippen molar-refractivity contribution in [3.8, 4) is 50.5 Å². The second-order valence-electron chi connectivity index (χ2n) is 20.0. The molecule has 0 N–H and O–H groups in total. The van der Waals surface area contributed by atoms with Gasteiger partial charge in [-0.2, -0.15) is 0 Å². The molecule has 354 valence electrons. The van der Waals surface area contributed by atoms with E-state index in [2.05, 4.69) is 263 Å². The van der Waals surface area contributed by atoms with Gasteiger partial charge in [-0.1, -0.05) is 158 Å².